The lowest BCUT2D eigenvalue weighted by atomic mass is 9.91. The lowest BCUT2D eigenvalue weighted by Crippen LogP contribution is -2.31. The molecule has 27 heavy (non-hydrogen) atoms. The number of thiocarbonyl (C=S) groups is 1. The normalized spacial score (nSPS) is 25.0. The minimum Gasteiger partial charge on any atom is -0.471 e. The van der Waals surface area contributed by atoms with Crippen LogP contribution in [-0.2, 0) is 11.3 Å². The van der Waals surface area contributed by atoms with Crippen molar-refractivity contribution < 1.29 is 14.9 Å². The van der Waals surface area contributed by atoms with Crippen LogP contribution in [0.2, 0.25) is 5.02 Å². The van der Waals surface area contributed by atoms with Gasteiger partial charge in [0, 0.05) is 17.5 Å². The number of allylic oxidation sites excluding steroid dienone is 2. The van der Waals surface area contributed by atoms with Crippen LogP contribution in [0.25, 0.3) is 0 Å². The highest BCUT2D eigenvalue weighted by Crippen LogP contribution is 2.35. The van der Waals surface area contributed by atoms with E-state index in [-0.39, 0.29) is 11.8 Å². The van der Waals surface area contributed by atoms with Crippen molar-refractivity contribution in [2.24, 2.45) is 11.8 Å². The molecule has 0 unspecified atom stereocenters. The molecule has 0 radical (unpaired) electrons. The van der Waals surface area contributed by atoms with E-state index in [2.05, 4.69) is 24.4 Å². The molecule has 1 aromatic rings. The number of rotatable bonds is 9. The predicted molar refractivity (Wildman–Crippen MR) is 114 cm³/mol. The number of aliphatic hydroxyl groups is 2. The first-order valence-corrected chi connectivity index (χ1v) is 10.5. The maximum Gasteiger partial charge on any atom is 0.256 e. The lowest BCUT2D eigenvalue weighted by Gasteiger charge is -2.23. The van der Waals surface area contributed by atoms with Gasteiger partial charge in [0.1, 0.15) is 0 Å². The number of unbranched alkanes of at least 4 members (excludes halogenated alkanes) is 2. The molecule has 1 saturated carbocycles. The van der Waals surface area contributed by atoms with Crippen molar-refractivity contribution in [3.8, 4) is 0 Å². The van der Waals surface area contributed by atoms with E-state index in [9.17, 15) is 10.2 Å². The van der Waals surface area contributed by atoms with E-state index in [1.54, 1.807) is 0 Å². The second-order valence-corrected chi connectivity index (χ2v) is 7.94. The van der Waals surface area contributed by atoms with Gasteiger partial charge in [0.2, 0.25) is 0 Å². The molecule has 6 heteroatoms. The van der Waals surface area contributed by atoms with Gasteiger partial charge in [-0.25, -0.2) is 0 Å². The van der Waals surface area contributed by atoms with Crippen LogP contribution in [0.15, 0.2) is 36.4 Å². The zero-order valence-electron chi connectivity index (χ0n) is 15.8. The SMILES string of the molecule is CCCC/C=C\C[C@@H]1[C@@H](COC(=S)NCc2cccc(Cl)c2)[C@H](O)C[C@@H]1O. The fraction of sp³-hybridized carbons (Fsp3) is 0.571. The van der Waals surface area contributed by atoms with Crippen LogP contribution in [-0.4, -0.2) is 34.2 Å². The molecule has 1 fully saturated rings. The Labute approximate surface area is 172 Å². The van der Waals surface area contributed by atoms with Crippen LogP contribution in [0, 0.1) is 11.8 Å². The first-order valence-electron chi connectivity index (χ1n) is 9.67. The molecule has 4 nitrogen and oxygen atoms in total. The maximum atomic E-state index is 10.3. The van der Waals surface area contributed by atoms with Crippen LogP contribution in [0.5, 0.6) is 0 Å². The number of ether oxygens (including phenoxy) is 1. The Balaban J connectivity index is 1.78. The number of hydrogen-bond donors (Lipinski definition) is 3. The summed E-state index contributed by atoms with van der Waals surface area (Å²) >= 11 is 11.2. The van der Waals surface area contributed by atoms with Crippen molar-refractivity contribution in [3.05, 3.63) is 47.0 Å². The summed E-state index contributed by atoms with van der Waals surface area (Å²) in [7, 11) is 0. The van der Waals surface area contributed by atoms with Gasteiger partial charge in [0.25, 0.3) is 5.17 Å². The van der Waals surface area contributed by atoms with E-state index in [1.807, 2.05) is 24.3 Å². The first-order chi connectivity index (χ1) is 13.0. The summed E-state index contributed by atoms with van der Waals surface area (Å²) in [6.45, 7) is 2.99. The largest absolute Gasteiger partial charge is 0.471 e. The van der Waals surface area contributed by atoms with Crippen LogP contribution in [0.3, 0.4) is 0 Å². The highest BCUT2D eigenvalue weighted by molar-refractivity contribution is 7.80. The van der Waals surface area contributed by atoms with Gasteiger partial charge in [0.15, 0.2) is 0 Å². The van der Waals surface area contributed by atoms with Gasteiger partial charge in [0.05, 0.1) is 18.8 Å². The number of nitrogens with one attached hydrogen (secondary N) is 1. The van der Waals surface area contributed by atoms with Gasteiger partial charge in [-0.15, -0.1) is 0 Å². The summed E-state index contributed by atoms with van der Waals surface area (Å²) in [6, 6.07) is 7.54. The Morgan fingerprint density at radius 1 is 1.30 bits per heavy atom. The van der Waals surface area contributed by atoms with Crippen LogP contribution in [0.1, 0.15) is 44.6 Å². The van der Waals surface area contributed by atoms with Crippen molar-refractivity contribution in [2.45, 2.75) is 57.8 Å². The maximum absolute atomic E-state index is 10.3. The molecule has 1 aliphatic rings. The van der Waals surface area contributed by atoms with Gasteiger partial charge < -0.3 is 20.3 Å². The van der Waals surface area contributed by atoms with Crippen LogP contribution < -0.4 is 5.32 Å². The number of aliphatic hydroxyl groups excluding tert-OH is 2. The fourth-order valence-electron chi connectivity index (χ4n) is 3.47. The summed E-state index contributed by atoms with van der Waals surface area (Å²) in [4.78, 5) is 0. The standard InChI is InChI=1S/C21H30ClNO3S/c1-2-3-4-5-6-10-17-18(20(25)12-19(17)24)14-26-21(27)23-13-15-8-7-9-16(22)11-15/h5-9,11,17-20,24-25H,2-4,10,12-14H2,1H3,(H,23,27)/b6-5-/t17-,18-,19+,20-/m1/s1. The van der Waals surface area contributed by atoms with E-state index >= 15 is 0 Å². The van der Waals surface area contributed by atoms with E-state index in [1.165, 1.54) is 12.8 Å². The molecular weight excluding hydrogens is 382 g/mol. The zero-order valence-corrected chi connectivity index (χ0v) is 17.4. The molecule has 0 saturated heterocycles. The molecule has 3 N–H and O–H groups in total. The summed E-state index contributed by atoms with van der Waals surface area (Å²) in [5.74, 6) is -0.129. The third-order valence-corrected chi connectivity index (χ3v) is 5.55. The molecular formula is C21H30ClNO3S. The Kier molecular flexibility index (Phi) is 9.56. The minimum absolute atomic E-state index is 0.00592. The number of halogens is 1. The number of hydrogen-bond acceptors (Lipinski definition) is 4. The Bertz CT molecular complexity index is 625. The van der Waals surface area contributed by atoms with E-state index < -0.39 is 12.2 Å². The highest BCUT2D eigenvalue weighted by Gasteiger charge is 2.41. The molecule has 0 spiro atoms. The van der Waals surface area contributed by atoms with Gasteiger partial charge in [-0.05, 0) is 55.1 Å². The lowest BCUT2D eigenvalue weighted by molar-refractivity contribution is 0.0719. The van der Waals surface area contributed by atoms with Crippen LogP contribution >= 0.6 is 23.8 Å². The molecule has 1 aromatic carbocycles. The van der Waals surface area contributed by atoms with Crippen LogP contribution in [0.4, 0.5) is 0 Å². The Morgan fingerprint density at radius 3 is 2.81 bits per heavy atom. The molecule has 0 aromatic heterocycles. The van der Waals surface area contributed by atoms with Crippen molar-refractivity contribution >= 4 is 29.0 Å². The highest BCUT2D eigenvalue weighted by atomic mass is 35.5. The summed E-state index contributed by atoms with van der Waals surface area (Å²) < 4.78 is 5.66. The predicted octanol–water partition coefficient (Wildman–Crippen LogP) is 4.23. The topological polar surface area (TPSA) is 61.7 Å². The number of benzene rings is 1. The molecule has 150 valence electrons. The third kappa shape index (κ3) is 7.41. The molecule has 4 atom stereocenters. The van der Waals surface area contributed by atoms with E-state index in [0.717, 1.165) is 18.4 Å². The quantitative estimate of drug-likeness (QED) is 0.322. The summed E-state index contributed by atoms with van der Waals surface area (Å²) in [5.41, 5.74) is 1.01. The summed E-state index contributed by atoms with van der Waals surface area (Å²) in [5, 5.41) is 24.6. The van der Waals surface area contributed by atoms with Crippen molar-refractivity contribution in [1.82, 2.24) is 5.32 Å². The third-order valence-electron chi connectivity index (χ3n) is 5.05. The average molecular weight is 412 g/mol. The fourth-order valence-corrected chi connectivity index (χ4v) is 3.82. The molecule has 2 rings (SSSR count). The van der Waals surface area contributed by atoms with Gasteiger partial charge in [-0.2, -0.15) is 0 Å². The molecule has 0 heterocycles. The average Bonchev–Trinajstić information content (AvgIpc) is 2.91. The molecule has 0 bridgehead atoms. The first kappa shape index (κ1) is 22.2. The van der Waals surface area contributed by atoms with Crippen molar-refractivity contribution in [3.63, 3.8) is 0 Å². The molecule has 0 aliphatic heterocycles. The van der Waals surface area contributed by atoms with Gasteiger partial charge >= 0.3 is 0 Å². The minimum atomic E-state index is -0.565. The van der Waals surface area contributed by atoms with Crippen molar-refractivity contribution in [1.29, 1.82) is 0 Å². The van der Waals surface area contributed by atoms with Gasteiger partial charge in [-0.3, -0.25) is 0 Å². The second-order valence-electron chi connectivity index (χ2n) is 7.13. The Morgan fingerprint density at radius 2 is 2.07 bits per heavy atom. The summed E-state index contributed by atoms with van der Waals surface area (Å²) in [6.07, 6.45) is 7.75. The molecule has 1 aliphatic carbocycles. The van der Waals surface area contributed by atoms with E-state index in [0.29, 0.717) is 29.8 Å². The van der Waals surface area contributed by atoms with Gasteiger partial charge in [-0.1, -0.05) is 55.7 Å². The van der Waals surface area contributed by atoms with E-state index in [4.69, 9.17) is 28.6 Å². The zero-order chi connectivity index (χ0) is 19.6. The Hall–Kier alpha value is -1.14. The smallest absolute Gasteiger partial charge is 0.256 e. The second kappa shape index (κ2) is 11.6. The molecule has 0 amide bonds. The van der Waals surface area contributed by atoms with Crippen molar-refractivity contribution in [2.75, 3.05) is 6.61 Å². The monoisotopic (exact) mass is 411 g/mol.